The quantitative estimate of drug-likeness (QED) is 0.370. The van der Waals surface area contributed by atoms with Gasteiger partial charge in [0, 0.05) is 28.2 Å². The van der Waals surface area contributed by atoms with Crippen molar-refractivity contribution in [3.8, 4) is 0 Å². The molecule has 3 heterocycles. The maximum Gasteiger partial charge on any atom is 0.270 e. The molecule has 0 radical (unpaired) electrons. The summed E-state index contributed by atoms with van der Waals surface area (Å²) in [5, 5.41) is 13.2. The molecule has 0 bridgehead atoms. The molecule has 0 spiro atoms. The average Bonchev–Trinajstić information content (AvgIpc) is 3.19. The van der Waals surface area contributed by atoms with E-state index in [9.17, 15) is 4.79 Å². The second-order valence-corrected chi connectivity index (χ2v) is 8.32. The molecule has 2 aromatic carbocycles. The van der Waals surface area contributed by atoms with Crippen LogP contribution in [0.1, 0.15) is 27.3 Å². The van der Waals surface area contributed by atoms with Gasteiger partial charge in [0.2, 0.25) is 0 Å². The topological polar surface area (TPSA) is 83.6 Å². The molecule has 0 saturated heterocycles. The third-order valence-electron chi connectivity index (χ3n) is 5.20. The van der Waals surface area contributed by atoms with Gasteiger partial charge in [-0.25, -0.2) is 0 Å². The number of nitrogens with one attached hydrogen (secondary N) is 2. The summed E-state index contributed by atoms with van der Waals surface area (Å²) in [6, 6.07) is 17.1. The van der Waals surface area contributed by atoms with Crippen molar-refractivity contribution in [2.24, 2.45) is 0 Å². The fourth-order valence-corrected chi connectivity index (χ4v) is 3.98. The summed E-state index contributed by atoms with van der Waals surface area (Å²) >= 11 is 12.1. The number of hydrogen-bond acceptors (Lipinski definition) is 4. The summed E-state index contributed by atoms with van der Waals surface area (Å²) in [7, 11) is 0. The zero-order valence-corrected chi connectivity index (χ0v) is 18.3. The lowest BCUT2D eigenvalue weighted by Gasteiger charge is -2.07. The van der Waals surface area contributed by atoms with E-state index in [1.807, 2.05) is 36.4 Å². The van der Waals surface area contributed by atoms with Crippen LogP contribution in [0, 0.1) is 0 Å². The maximum absolute atomic E-state index is 12.7. The summed E-state index contributed by atoms with van der Waals surface area (Å²) in [5.41, 5.74) is 4.91. The van der Waals surface area contributed by atoms with Crippen LogP contribution in [-0.4, -0.2) is 26.1 Å². The Labute approximate surface area is 193 Å². The first-order valence-corrected chi connectivity index (χ1v) is 10.7. The van der Waals surface area contributed by atoms with E-state index in [0.717, 1.165) is 38.6 Å². The minimum absolute atomic E-state index is 0.264. The van der Waals surface area contributed by atoms with Crippen LogP contribution in [0.3, 0.4) is 0 Å². The van der Waals surface area contributed by atoms with Gasteiger partial charge < -0.3 is 5.32 Å². The first-order valence-electron chi connectivity index (χ1n) is 9.95. The zero-order valence-electron chi connectivity index (χ0n) is 16.8. The Morgan fingerprint density at radius 2 is 1.81 bits per heavy atom. The molecule has 6 nitrogen and oxygen atoms in total. The highest BCUT2D eigenvalue weighted by Gasteiger charge is 2.12. The molecule has 8 heteroatoms. The van der Waals surface area contributed by atoms with Crippen molar-refractivity contribution in [2.75, 3.05) is 0 Å². The molecule has 1 amide bonds. The second-order valence-electron chi connectivity index (χ2n) is 7.45. The second kappa shape index (κ2) is 8.57. The number of benzene rings is 2. The lowest BCUT2D eigenvalue weighted by molar-refractivity contribution is 0.0945. The van der Waals surface area contributed by atoms with E-state index >= 15 is 0 Å². The summed E-state index contributed by atoms with van der Waals surface area (Å²) in [6.45, 7) is 0.267. The lowest BCUT2D eigenvalue weighted by Crippen LogP contribution is -2.24. The number of fused-ring (bicyclic) bond motifs is 2. The van der Waals surface area contributed by atoms with Crippen LogP contribution < -0.4 is 5.32 Å². The maximum atomic E-state index is 12.7. The highest BCUT2D eigenvalue weighted by molar-refractivity contribution is 6.31. The molecule has 158 valence electrons. The number of hydrogen-bond donors (Lipinski definition) is 2. The number of amides is 1. The van der Waals surface area contributed by atoms with E-state index in [0.29, 0.717) is 22.2 Å². The first kappa shape index (κ1) is 20.4. The van der Waals surface area contributed by atoms with Crippen molar-refractivity contribution in [3.63, 3.8) is 0 Å². The Balaban J connectivity index is 1.31. The molecule has 0 atom stereocenters. The molecule has 3 aromatic heterocycles. The monoisotopic (exact) mass is 461 g/mol. The molecule has 0 aliphatic heterocycles. The van der Waals surface area contributed by atoms with Crippen LogP contribution in [0.5, 0.6) is 0 Å². The number of aromatic amines is 1. The third kappa shape index (κ3) is 4.28. The van der Waals surface area contributed by atoms with E-state index in [4.69, 9.17) is 23.2 Å². The van der Waals surface area contributed by atoms with Crippen molar-refractivity contribution < 1.29 is 4.79 Å². The van der Waals surface area contributed by atoms with Gasteiger partial charge in [-0.15, -0.1) is 0 Å². The number of nitrogens with zero attached hydrogens (tertiary/aromatic N) is 3. The van der Waals surface area contributed by atoms with Gasteiger partial charge in [-0.2, -0.15) is 5.10 Å². The molecule has 32 heavy (non-hydrogen) atoms. The van der Waals surface area contributed by atoms with E-state index in [1.54, 1.807) is 24.5 Å². The number of rotatable bonds is 5. The fraction of sp³-hybridized carbons (Fsp3) is 0.0833. The standard InChI is InChI=1S/C24H17Cl2N5O/c25-17-2-4-21-19(11-17)23(31-30-21)13-29-24(32)22-9-15(5-6-27-22)7-14-1-3-20-16(8-14)10-18(26)12-28-20/h1-6,8-12H,7,13H2,(H,29,32)(H,30,31). The summed E-state index contributed by atoms with van der Waals surface area (Å²) in [6.07, 6.45) is 3.94. The summed E-state index contributed by atoms with van der Waals surface area (Å²) in [4.78, 5) is 21.3. The molecule has 0 unspecified atom stereocenters. The third-order valence-corrected chi connectivity index (χ3v) is 5.64. The van der Waals surface area contributed by atoms with E-state index in [2.05, 4.69) is 31.5 Å². The van der Waals surface area contributed by atoms with Gasteiger partial charge in [0.25, 0.3) is 5.91 Å². The van der Waals surface area contributed by atoms with Gasteiger partial charge in [-0.3, -0.25) is 19.9 Å². The number of pyridine rings is 2. The molecule has 2 N–H and O–H groups in total. The SMILES string of the molecule is O=C(NCc1n[nH]c2ccc(Cl)cc12)c1cc(Cc2ccc3ncc(Cl)cc3c2)ccn1. The van der Waals surface area contributed by atoms with E-state index < -0.39 is 0 Å². The number of halogens is 2. The van der Waals surface area contributed by atoms with Crippen LogP contribution in [0.4, 0.5) is 0 Å². The van der Waals surface area contributed by atoms with Gasteiger partial charge in [0.05, 0.1) is 28.3 Å². The minimum Gasteiger partial charge on any atom is -0.345 e. The van der Waals surface area contributed by atoms with Crippen LogP contribution in [0.15, 0.2) is 67.0 Å². The van der Waals surface area contributed by atoms with E-state index in [1.165, 1.54) is 0 Å². The predicted molar refractivity (Wildman–Crippen MR) is 126 cm³/mol. The first-order chi connectivity index (χ1) is 15.5. The molecular formula is C24H17Cl2N5O. The van der Waals surface area contributed by atoms with Crippen LogP contribution >= 0.6 is 23.2 Å². The molecular weight excluding hydrogens is 445 g/mol. The highest BCUT2D eigenvalue weighted by atomic mass is 35.5. The number of H-pyrrole nitrogens is 1. The van der Waals surface area contributed by atoms with Crippen molar-refractivity contribution >= 4 is 50.9 Å². The number of carbonyl (C=O) groups excluding carboxylic acids is 1. The predicted octanol–water partition coefficient (Wildman–Crippen LogP) is 5.33. The van der Waals surface area contributed by atoms with Crippen molar-refractivity contribution in [1.29, 1.82) is 0 Å². The summed E-state index contributed by atoms with van der Waals surface area (Å²) < 4.78 is 0. The molecule has 5 aromatic rings. The van der Waals surface area contributed by atoms with Crippen molar-refractivity contribution in [3.05, 3.63) is 99.6 Å². The molecule has 0 aliphatic rings. The highest BCUT2D eigenvalue weighted by Crippen LogP contribution is 2.21. The van der Waals surface area contributed by atoms with Crippen molar-refractivity contribution in [1.82, 2.24) is 25.5 Å². The van der Waals surface area contributed by atoms with Crippen LogP contribution in [-0.2, 0) is 13.0 Å². The number of aromatic nitrogens is 4. The lowest BCUT2D eigenvalue weighted by atomic mass is 10.0. The molecule has 0 fully saturated rings. The Bertz CT molecular complexity index is 1460. The number of carbonyl (C=O) groups is 1. The van der Waals surface area contributed by atoms with Gasteiger partial charge in [0.1, 0.15) is 5.69 Å². The van der Waals surface area contributed by atoms with Crippen molar-refractivity contribution in [2.45, 2.75) is 13.0 Å². The Kier molecular flexibility index (Phi) is 5.47. The zero-order chi connectivity index (χ0) is 22.1. The largest absolute Gasteiger partial charge is 0.345 e. The van der Waals surface area contributed by atoms with Gasteiger partial charge in [-0.1, -0.05) is 29.3 Å². The van der Waals surface area contributed by atoms with Gasteiger partial charge in [0.15, 0.2) is 0 Å². The Morgan fingerprint density at radius 3 is 2.72 bits per heavy atom. The smallest absolute Gasteiger partial charge is 0.270 e. The molecule has 5 rings (SSSR count). The molecule has 0 saturated carbocycles. The minimum atomic E-state index is -0.264. The van der Waals surface area contributed by atoms with Gasteiger partial charge >= 0.3 is 0 Å². The van der Waals surface area contributed by atoms with E-state index in [-0.39, 0.29) is 12.5 Å². The van der Waals surface area contributed by atoms with Crippen LogP contribution in [0.25, 0.3) is 21.8 Å². The van der Waals surface area contributed by atoms with Crippen LogP contribution in [0.2, 0.25) is 10.0 Å². The normalized spacial score (nSPS) is 11.2. The Hall–Kier alpha value is -3.48. The Morgan fingerprint density at radius 1 is 0.938 bits per heavy atom. The average molecular weight is 462 g/mol. The molecule has 0 aliphatic carbocycles. The summed E-state index contributed by atoms with van der Waals surface area (Å²) in [5.74, 6) is -0.264. The van der Waals surface area contributed by atoms with Gasteiger partial charge in [-0.05, 0) is 66.1 Å². The fourth-order valence-electron chi connectivity index (χ4n) is 3.64.